The van der Waals surface area contributed by atoms with E-state index in [2.05, 4.69) is 36.3 Å². The van der Waals surface area contributed by atoms with Gasteiger partial charge in [-0.1, -0.05) is 34.6 Å². The van der Waals surface area contributed by atoms with Gasteiger partial charge in [0.2, 0.25) is 10.0 Å². The summed E-state index contributed by atoms with van der Waals surface area (Å²) in [5.41, 5.74) is 4.39. The minimum Gasteiger partial charge on any atom is -0.261 e. The Morgan fingerprint density at radius 1 is 1.32 bits per heavy atom. The van der Waals surface area contributed by atoms with Gasteiger partial charge in [-0.05, 0) is 42.7 Å². The topological polar surface area (TPSA) is 74.7 Å². The molecule has 1 saturated carbocycles. The minimum atomic E-state index is -3.47. The third-order valence-corrected chi connectivity index (χ3v) is 6.61. The van der Waals surface area contributed by atoms with Crippen molar-refractivity contribution in [3.8, 4) is 0 Å². The average molecular weight is 367 g/mol. The maximum Gasteiger partial charge on any atom is 0.244 e. The van der Waals surface area contributed by atoms with Gasteiger partial charge in [0.05, 0.1) is 0 Å². The summed E-state index contributed by atoms with van der Waals surface area (Å²) in [5.74, 6) is 1.18. The Labute approximate surface area is 151 Å². The van der Waals surface area contributed by atoms with Crippen molar-refractivity contribution >= 4 is 21.6 Å². The van der Waals surface area contributed by atoms with Gasteiger partial charge in [0.15, 0.2) is 0 Å². The number of anilines is 1. The lowest BCUT2D eigenvalue weighted by Crippen LogP contribution is -2.30. The summed E-state index contributed by atoms with van der Waals surface area (Å²) >= 11 is 0. The van der Waals surface area contributed by atoms with Crippen LogP contribution < -0.4 is 5.43 Å². The highest BCUT2D eigenvalue weighted by molar-refractivity contribution is 7.89. The molecule has 25 heavy (non-hydrogen) atoms. The lowest BCUT2D eigenvalue weighted by Gasteiger charge is -2.34. The maximum atomic E-state index is 12.5. The van der Waals surface area contributed by atoms with Crippen LogP contribution in [-0.4, -0.2) is 36.5 Å². The van der Waals surface area contributed by atoms with Crippen molar-refractivity contribution in [2.75, 3.05) is 18.5 Å². The van der Waals surface area contributed by atoms with Crippen molar-refractivity contribution in [2.24, 2.45) is 16.4 Å². The summed E-state index contributed by atoms with van der Waals surface area (Å²) < 4.78 is 26.3. The Balaban J connectivity index is 2.09. The Morgan fingerprint density at radius 3 is 2.52 bits per heavy atom. The summed E-state index contributed by atoms with van der Waals surface area (Å²) in [6, 6.07) is 3.24. The highest BCUT2D eigenvalue weighted by Gasteiger charge is 2.29. The van der Waals surface area contributed by atoms with Crippen molar-refractivity contribution in [3.05, 3.63) is 18.3 Å². The third kappa shape index (κ3) is 5.01. The average Bonchev–Trinajstić information content (AvgIpc) is 2.52. The fraction of sp³-hybridized carbons (Fsp3) is 0.667. The predicted molar refractivity (Wildman–Crippen MR) is 102 cm³/mol. The van der Waals surface area contributed by atoms with Gasteiger partial charge in [0, 0.05) is 25.0 Å². The fourth-order valence-electron chi connectivity index (χ4n) is 3.65. The van der Waals surface area contributed by atoms with Gasteiger partial charge in [-0.3, -0.25) is 5.43 Å². The van der Waals surface area contributed by atoms with Gasteiger partial charge in [-0.25, -0.2) is 13.4 Å². The van der Waals surface area contributed by atoms with Gasteiger partial charge in [-0.15, -0.1) is 0 Å². The van der Waals surface area contributed by atoms with E-state index < -0.39 is 10.0 Å². The number of aromatic nitrogens is 1. The minimum absolute atomic E-state index is 0.210. The van der Waals surface area contributed by atoms with E-state index in [1.54, 1.807) is 12.1 Å². The molecule has 140 valence electrons. The second-order valence-electron chi connectivity index (χ2n) is 7.61. The van der Waals surface area contributed by atoms with Crippen LogP contribution in [0.2, 0.25) is 0 Å². The molecule has 6 nitrogen and oxygen atoms in total. The van der Waals surface area contributed by atoms with Gasteiger partial charge < -0.3 is 0 Å². The van der Waals surface area contributed by atoms with Crippen molar-refractivity contribution in [1.29, 1.82) is 0 Å². The summed E-state index contributed by atoms with van der Waals surface area (Å²) in [5, 5.41) is 4.50. The zero-order chi connectivity index (χ0) is 18.7. The number of nitrogens with one attached hydrogen (secondary N) is 1. The summed E-state index contributed by atoms with van der Waals surface area (Å²) in [6.45, 7) is 11.3. The first kappa shape index (κ1) is 19.8. The Morgan fingerprint density at radius 2 is 2.00 bits per heavy atom. The fourth-order valence-corrected chi connectivity index (χ4v) is 5.05. The number of sulfonamides is 1. The maximum absolute atomic E-state index is 12.5. The van der Waals surface area contributed by atoms with Crippen LogP contribution in [0.1, 0.15) is 53.9 Å². The quantitative estimate of drug-likeness (QED) is 0.779. The molecule has 0 aliphatic heterocycles. The molecule has 0 amide bonds. The van der Waals surface area contributed by atoms with Crippen LogP contribution in [0.5, 0.6) is 0 Å². The number of nitrogens with zero attached hydrogens (tertiary/aromatic N) is 3. The number of hydrazone groups is 1. The standard InChI is InChI=1S/C18H30N4O2S/c1-6-22(7-2)25(23,24)16-8-9-17(19-13-16)21-20-15-10-14(3)11-18(4,5)12-15/h8-9,13-14H,6-7,10-12H2,1-5H3,(H,19,21)/b20-15+/t14-/m0/s1. The van der Waals surface area contributed by atoms with Crippen LogP contribution in [0.25, 0.3) is 0 Å². The number of pyridine rings is 1. The van der Waals surface area contributed by atoms with Gasteiger partial charge in [0.1, 0.15) is 10.7 Å². The number of hydrogen-bond donors (Lipinski definition) is 1. The first-order valence-corrected chi connectivity index (χ1v) is 10.4. The highest BCUT2D eigenvalue weighted by Crippen LogP contribution is 2.37. The van der Waals surface area contributed by atoms with Crippen molar-refractivity contribution < 1.29 is 8.42 Å². The molecule has 0 aromatic carbocycles. The number of rotatable bonds is 6. The zero-order valence-corrected chi connectivity index (χ0v) is 16.7. The second kappa shape index (κ2) is 7.83. The van der Waals surface area contributed by atoms with Crippen LogP contribution in [0.4, 0.5) is 5.82 Å². The Hall–Kier alpha value is -1.47. The van der Waals surface area contributed by atoms with E-state index in [0.717, 1.165) is 18.6 Å². The molecule has 0 unspecified atom stereocenters. The molecular formula is C18H30N4O2S. The molecular weight excluding hydrogens is 336 g/mol. The number of hydrogen-bond acceptors (Lipinski definition) is 5. The van der Waals surface area contributed by atoms with Crippen LogP contribution in [-0.2, 0) is 10.0 Å². The summed E-state index contributed by atoms with van der Waals surface area (Å²) in [4.78, 5) is 4.42. The lowest BCUT2D eigenvalue weighted by molar-refractivity contribution is 0.266. The van der Waals surface area contributed by atoms with Crippen LogP contribution in [0.3, 0.4) is 0 Å². The molecule has 0 spiro atoms. The van der Waals surface area contributed by atoms with E-state index in [0.29, 0.717) is 24.8 Å². The predicted octanol–water partition coefficient (Wildman–Crippen LogP) is 3.73. The third-order valence-electron chi connectivity index (χ3n) is 4.58. The molecule has 1 aliphatic carbocycles. The molecule has 1 aromatic rings. The zero-order valence-electron chi connectivity index (χ0n) is 15.9. The Bertz CT molecular complexity index is 707. The van der Waals surface area contributed by atoms with Crippen molar-refractivity contribution in [2.45, 2.75) is 58.8 Å². The molecule has 0 bridgehead atoms. The molecule has 0 radical (unpaired) electrons. The van der Waals surface area contributed by atoms with E-state index in [4.69, 9.17) is 0 Å². The lowest BCUT2D eigenvalue weighted by atomic mass is 9.72. The van der Waals surface area contributed by atoms with Crippen LogP contribution in [0, 0.1) is 11.3 Å². The molecule has 2 rings (SSSR count). The van der Waals surface area contributed by atoms with E-state index in [1.165, 1.54) is 16.9 Å². The molecule has 1 atom stereocenters. The van der Waals surface area contributed by atoms with E-state index in [-0.39, 0.29) is 10.3 Å². The van der Waals surface area contributed by atoms with Crippen molar-refractivity contribution in [3.63, 3.8) is 0 Å². The van der Waals surface area contributed by atoms with E-state index in [9.17, 15) is 8.42 Å². The SMILES string of the molecule is CCN(CC)S(=O)(=O)c1ccc(N/N=C2\C[C@H](C)CC(C)(C)C2)nc1. The van der Waals surface area contributed by atoms with E-state index in [1.807, 2.05) is 13.8 Å². The second-order valence-corrected chi connectivity index (χ2v) is 9.55. The van der Waals surface area contributed by atoms with Crippen LogP contribution >= 0.6 is 0 Å². The molecule has 1 heterocycles. The molecule has 0 saturated heterocycles. The first-order chi connectivity index (χ1) is 11.7. The molecule has 1 aromatic heterocycles. The Kier molecular flexibility index (Phi) is 6.21. The molecule has 1 aliphatic rings. The van der Waals surface area contributed by atoms with Crippen molar-refractivity contribution in [1.82, 2.24) is 9.29 Å². The molecule has 1 fully saturated rings. The molecule has 7 heteroatoms. The first-order valence-electron chi connectivity index (χ1n) is 8.95. The van der Waals surface area contributed by atoms with E-state index >= 15 is 0 Å². The summed E-state index contributed by atoms with van der Waals surface area (Å²) in [7, 11) is -3.47. The van der Waals surface area contributed by atoms with Gasteiger partial charge >= 0.3 is 0 Å². The highest BCUT2D eigenvalue weighted by atomic mass is 32.2. The van der Waals surface area contributed by atoms with Gasteiger partial charge in [-0.2, -0.15) is 9.41 Å². The monoisotopic (exact) mass is 366 g/mol. The largest absolute Gasteiger partial charge is 0.261 e. The normalized spacial score (nSPS) is 22.3. The van der Waals surface area contributed by atoms with Gasteiger partial charge in [0.25, 0.3) is 0 Å². The molecule has 1 N–H and O–H groups in total. The summed E-state index contributed by atoms with van der Waals surface area (Å²) in [6.07, 6.45) is 4.56. The van der Waals surface area contributed by atoms with Crippen LogP contribution in [0.15, 0.2) is 28.3 Å². The smallest absolute Gasteiger partial charge is 0.244 e.